The first-order valence-corrected chi connectivity index (χ1v) is 36.0. The molecule has 0 fully saturated rings. The van der Waals surface area contributed by atoms with Crippen LogP contribution in [0.15, 0.2) is 373 Å². The third kappa shape index (κ3) is 10.4. The molecule has 6 heteroatoms. The van der Waals surface area contributed by atoms with Gasteiger partial charge in [-0.2, -0.15) is 0 Å². The Labute approximate surface area is 609 Å². The van der Waals surface area contributed by atoms with Gasteiger partial charge < -0.3 is 8.83 Å². The standard InChI is InChI=1S/C54H32N2O.C46H28N2O/c1-3-13-37-29-39(27-21-33(37)11-1)47-31-49-48(32-50(55-51(49)44-18-8-6-17-43(44)47)40-28-22-34-12-2-4-14-38(34)30-40)35-23-25-36(26-24-35)54-56-52-45-19-9-5-15-41(45)42-16-7-10-20-46(42)53(52)57-54;1-3-11-33-25-35(23-17-29(33)9-1)39-27-41-40(31-19-21-32(22-20-31)46-48-42-15-7-8-16-44(42)49-46)28-43(47-45(41)38-14-6-5-13-37(38)39)36-24-18-30-10-2-4-12-34(30)26-36/h1-32H;1-28H. The summed E-state index contributed by atoms with van der Waals surface area (Å²) in [6, 6.07) is 129. The molecule has 0 unspecified atom stereocenters. The van der Waals surface area contributed by atoms with E-state index in [9.17, 15) is 0 Å². The molecule has 0 N–H and O–H groups in total. The van der Waals surface area contributed by atoms with Crippen molar-refractivity contribution in [3.63, 3.8) is 0 Å². The van der Waals surface area contributed by atoms with Crippen molar-refractivity contribution in [2.45, 2.75) is 0 Å². The number of para-hydroxylation sites is 2. The van der Waals surface area contributed by atoms with Crippen LogP contribution < -0.4 is 0 Å². The van der Waals surface area contributed by atoms with E-state index in [1.54, 1.807) is 0 Å². The Bertz CT molecular complexity index is 7230. The predicted octanol–water partition coefficient (Wildman–Crippen LogP) is 27.3. The molecule has 106 heavy (non-hydrogen) atoms. The van der Waals surface area contributed by atoms with Gasteiger partial charge >= 0.3 is 0 Å². The molecule has 4 heterocycles. The summed E-state index contributed by atoms with van der Waals surface area (Å²) < 4.78 is 12.7. The van der Waals surface area contributed by atoms with Gasteiger partial charge in [0.05, 0.1) is 22.4 Å². The average Bonchev–Trinajstić information content (AvgIpc) is 1.02. The fourth-order valence-electron chi connectivity index (χ4n) is 16.0. The van der Waals surface area contributed by atoms with E-state index < -0.39 is 0 Å². The molecule has 18 aromatic carbocycles. The van der Waals surface area contributed by atoms with E-state index in [1.807, 2.05) is 24.3 Å². The first kappa shape index (κ1) is 60.6. The summed E-state index contributed by atoms with van der Waals surface area (Å²) in [7, 11) is 0. The van der Waals surface area contributed by atoms with Crippen molar-refractivity contribution in [2.75, 3.05) is 0 Å². The molecule has 0 bridgehead atoms. The average molecular weight is 1350 g/mol. The van der Waals surface area contributed by atoms with Crippen molar-refractivity contribution in [3.05, 3.63) is 364 Å². The molecule has 0 saturated heterocycles. The highest BCUT2D eigenvalue weighted by Gasteiger charge is 2.22. The smallest absolute Gasteiger partial charge is 0.227 e. The summed E-state index contributed by atoms with van der Waals surface area (Å²) in [5.41, 5.74) is 20.5. The maximum atomic E-state index is 6.63. The molecular weight excluding hydrogens is 1290 g/mol. The van der Waals surface area contributed by atoms with Crippen LogP contribution in [0.5, 0.6) is 0 Å². The number of fused-ring (bicyclic) bond motifs is 17. The Balaban J connectivity index is 0.000000138. The highest BCUT2D eigenvalue weighted by Crippen LogP contribution is 2.46. The normalized spacial score (nSPS) is 11.8. The van der Waals surface area contributed by atoms with E-state index in [0.717, 1.165) is 121 Å². The third-order valence-corrected chi connectivity index (χ3v) is 21.3. The first-order valence-electron chi connectivity index (χ1n) is 36.0. The molecule has 0 saturated carbocycles. The van der Waals surface area contributed by atoms with Crippen LogP contribution in [-0.4, -0.2) is 19.9 Å². The summed E-state index contributed by atoms with van der Waals surface area (Å²) in [6.07, 6.45) is 0. The SMILES string of the molecule is c1ccc2cc(-c3cc(-c4ccc(-c5nc6c7ccccc7c7ccccc7c6o5)cc4)c4cc(-c5ccc6ccccc6c5)c5ccccc5c4n3)ccc2c1.c1ccc2cc(-c3cc(-c4ccc(-c5nc6ccccc6o5)cc4)c4cc(-c5ccc6ccccc6c5)c5ccccc5c4n3)ccc2c1. The Morgan fingerprint density at radius 2 is 0.500 bits per heavy atom. The van der Waals surface area contributed by atoms with E-state index in [2.05, 4.69) is 340 Å². The van der Waals surface area contributed by atoms with Crippen molar-refractivity contribution in [3.8, 4) is 89.9 Å². The lowest BCUT2D eigenvalue weighted by molar-refractivity contribution is 0.620. The monoisotopic (exact) mass is 1350 g/mol. The number of rotatable bonds is 8. The molecule has 0 aliphatic heterocycles. The molecule has 0 spiro atoms. The van der Waals surface area contributed by atoms with E-state index >= 15 is 0 Å². The summed E-state index contributed by atoms with van der Waals surface area (Å²) in [6.45, 7) is 0. The zero-order chi connectivity index (χ0) is 69.8. The van der Waals surface area contributed by atoms with Crippen molar-refractivity contribution in [1.82, 2.24) is 19.9 Å². The van der Waals surface area contributed by atoms with Crippen molar-refractivity contribution < 1.29 is 8.83 Å². The van der Waals surface area contributed by atoms with Crippen LogP contribution >= 0.6 is 0 Å². The lowest BCUT2D eigenvalue weighted by Gasteiger charge is -2.16. The fraction of sp³-hybridized carbons (Fsp3) is 0. The second kappa shape index (κ2) is 24.8. The Morgan fingerprint density at radius 3 is 0.953 bits per heavy atom. The van der Waals surface area contributed by atoms with Gasteiger partial charge in [0, 0.05) is 54.6 Å². The van der Waals surface area contributed by atoms with Gasteiger partial charge in [-0.15, -0.1) is 0 Å². The van der Waals surface area contributed by atoms with E-state index in [1.165, 1.54) is 86.9 Å². The molecule has 22 aromatic rings. The fourth-order valence-corrected chi connectivity index (χ4v) is 16.0. The number of benzene rings is 18. The highest BCUT2D eigenvalue weighted by molar-refractivity contribution is 6.23. The number of pyridine rings is 2. The molecule has 0 atom stereocenters. The quantitative estimate of drug-likeness (QED) is 0.141. The molecule has 492 valence electrons. The van der Waals surface area contributed by atoms with Gasteiger partial charge in [-0.25, -0.2) is 19.9 Å². The number of hydrogen-bond acceptors (Lipinski definition) is 6. The minimum atomic E-state index is 0.610. The summed E-state index contributed by atoms with van der Waals surface area (Å²) in [4.78, 5) is 20.7. The number of aromatic nitrogens is 4. The molecule has 4 aromatic heterocycles. The predicted molar refractivity (Wildman–Crippen MR) is 442 cm³/mol. The van der Waals surface area contributed by atoms with Crippen molar-refractivity contribution in [1.29, 1.82) is 0 Å². The van der Waals surface area contributed by atoms with Gasteiger partial charge in [-0.3, -0.25) is 0 Å². The Kier molecular flexibility index (Phi) is 14.2. The summed E-state index contributed by atoms with van der Waals surface area (Å²) in [5, 5.41) is 21.1. The lowest BCUT2D eigenvalue weighted by Crippen LogP contribution is -1.93. The van der Waals surface area contributed by atoms with Gasteiger partial charge in [-0.05, 0) is 194 Å². The van der Waals surface area contributed by atoms with Crippen LogP contribution in [0, 0.1) is 0 Å². The van der Waals surface area contributed by atoms with Gasteiger partial charge in [0.1, 0.15) is 11.0 Å². The molecule has 6 nitrogen and oxygen atoms in total. The first-order chi connectivity index (χ1) is 52.5. The minimum absolute atomic E-state index is 0.610. The lowest BCUT2D eigenvalue weighted by atomic mass is 9.90. The zero-order valence-electron chi connectivity index (χ0n) is 57.2. The highest BCUT2D eigenvalue weighted by atomic mass is 16.4. The number of nitrogens with zero attached hydrogens (tertiary/aromatic N) is 4. The number of oxazole rings is 2. The maximum Gasteiger partial charge on any atom is 0.227 e. The molecule has 0 amide bonds. The van der Waals surface area contributed by atoms with Gasteiger partial charge in [0.25, 0.3) is 0 Å². The Hall–Kier alpha value is -14.2. The molecule has 0 aliphatic carbocycles. The minimum Gasteiger partial charge on any atom is -0.436 e. The molecule has 22 rings (SSSR count). The van der Waals surface area contributed by atoms with Crippen LogP contribution in [0.1, 0.15) is 0 Å². The van der Waals surface area contributed by atoms with Gasteiger partial charge in [0.15, 0.2) is 11.2 Å². The van der Waals surface area contributed by atoms with E-state index in [0.29, 0.717) is 11.8 Å². The van der Waals surface area contributed by atoms with Gasteiger partial charge in [-0.1, -0.05) is 279 Å². The second-order valence-corrected chi connectivity index (χ2v) is 27.5. The summed E-state index contributed by atoms with van der Waals surface area (Å²) in [5.74, 6) is 1.23. The second-order valence-electron chi connectivity index (χ2n) is 27.5. The van der Waals surface area contributed by atoms with Crippen LogP contribution in [0.2, 0.25) is 0 Å². The zero-order valence-corrected chi connectivity index (χ0v) is 57.2. The van der Waals surface area contributed by atoms with Crippen LogP contribution in [0.3, 0.4) is 0 Å². The van der Waals surface area contributed by atoms with Crippen molar-refractivity contribution in [2.24, 2.45) is 0 Å². The maximum absolute atomic E-state index is 6.63. The van der Waals surface area contributed by atoms with E-state index in [4.69, 9.17) is 28.8 Å². The van der Waals surface area contributed by atoms with Crippen LogP contribution in [0.25, 0.3) is 220 Å². The number of hydrogen-bond donors (Lipinski definition) is 0. The molecular formula is C100H60N4O2. The van der Waals surface area contributed by atoms with E-state index in [-0.39, 0.29) is 0 Å². The largest absolute Gasteiger partial charge is 0.436 e. The third-order valence-electron chi connectivity index (χ3n) is 21.3. The molecule has 0 radical (unpaired) electrons. The van der Waals surface area contributed by atoms with Gasteiger partial charge in [0.2, 0.25) is 11.8 Å². The Morgan fingerprint density at radius 1 is 0.179 bits per heavy atom. The topological polar surface area (TPSA) is 77.8 Å². The van der Waals surface area contributed by atoms with Crippen molar-refractivity contribution >= 4 is 130 Å². The summed E-state index contributed by atoms with van der Waals surface area (Å²) >= 11 is 0. The van der Waals surface area contributed by atoms with Crippen LogP contribution in [0.4, 0.5) is 0 Å². The molecule has 0 aliphatic rings. The van der Waals surface area contributed by atoms with Crippen LogP contribution in [-0.2, 0) is 0 Å².